The number of allylic oxidation sites excluding steroid dienone is 5. The van der Waals surface area contributed by atoms with Crippen LogP contribution in [-0.2, 0) is 0 Å². The van der Waals surface area contributed by atoms with Gasteiger partial charge in [0.2, 0.25) is 0 Å². The number of benzene rings is 1. The number of nitrogens with one attached hydrogen (secondary N) is 2. The third-order valence-electron chi connectivity index (χ3n) is 4.36. The molecule has 3 N–H and O–H groups in total. The summed E-state index contributed by atoms with van der Waals surface area (Å²) in [7, 11) is 1.81. The molecule has 0 spiro atoms. The smallest absolute Gasteiger partial charge is 0.160 e. The fourth-order valence-electron chi connectivity index (χ4n) is 2.86. The molecule has 0 saturated carbocycles. The Morgan fingerprint density at radius 2 is 2.07 bits per heavy atom. The standard InChI is InChI=1S/C23H28N4O/c1-6-9-11-16(8-3)23-26-20(17-12-13-19(28)15(4)14-17)22(25-5)21(27-23)18(24)10-7-2/h6,8-9,11-14,24-25,28H,3,7,10H2,1-2,4-5H3/b9-6-,16-11+,24-18?. The topological polar surface area (TPSA) is 81.9 Å². The maximum absolute atomic E-state index is 9.90. The summed E-state index contributed by atoms with van der Waals surface area (Å²) in [6.07, 6.45) is 8.94. The molecule has 0 aliphatic heterocycles. The van der Waals surface area contributed by atoms with Gasteiger partial charge >= 0.3 is 0 Å². The van der Waals surface area contributed by atoms with Gasteiger partial charge in [0.15, 0.2) is 5.82 Å². The van der Waals surface area contributed by atoms with Crippen LogP contribution in [0.3, 0.4) is 0 Å². The van der Waals surface area contributed by atoms with Crippen LogP contribution in [0.1, 0.15) is 43.8 Å². The number of nitrogens with zero attached hydrogens (tertiary/aromatic N) is 2. The van der Waals surface area contributed by atoms with Gasteiger partial charge in [0, 0.05) is 18.2 Å². The first kappa shape index (κ1) is 21.1. The van der Waals surface area contributed by atoms with E-state index in [0.29, 0.717) is 35.0 Å². The summed E-state index contributed by atoms with van der Waals surface area (Å²) in [5.41, 5.74) is 4.84. The number of aromatic nitrogens is 2. The largest absolute Gasteiger partial charge is 0.508 e. The van der Waals surface area contributed by atoms with Gasteiger partial charge in [0.05, 0.1) is 17.1 Å². The number of phenolic OH excluding ortho intramolecular Hbond substituents is 1. The first-order chi connectivity index (χ1) is 13.5. The Morgan fingerprint density at radius 1 is 1.32 bits per heavy atom. The summed E-state index contributed by atoms with van der Waals surface area (Å²) in [5.74, 6) is 0.756. The maximum atomic E-state index is 9.90. The van der Waals surface area contributed by atoms with Crippen LogP contribution in [0.4, 0.5) is 5.69 Å². The van der Waals surface area contributed by atoms with Crippen LogP contribution < -0.4 is 5.32 Å². The SMILES string of the molecule is C=C/C(=C\C=C/C)c1nc(C(=N)CCC)c(NC)c(-c2ccc(O)c(C)c2)n1. The number of hydrogen-bond acceptors (Lipinski definition) is 5. The zero-order valence-electron chi connectivity index (χ0n) is 17.0. The van der Waals surface area contributed by atoms with Gasteiger partial charge in [-0.25, -0.2) is 9.97 Å². The van der Waals surface area contributed by atoms with Gasteiger partial charge in [-0.15, -0.1) is 0 Å². The van der Waals surface area contributed by atoms with E-state index in [9.17, 15) is 5.11 Å². The fraction of sp³-hybridized carbons (Fsp3) is 0.261. The van der Waals surface area contributed by atoms with Crippen molar-refractivity contribution >= 4 is 17.0 Å². The fourth-order valence-corrected chi connectivity index (χ4v) is 2.86. The van der Waals surface area contributed by atoms with Crippen LogP contribution in [-0.4, -0.2) is 27.8 Å². The van der Waals surface area contributed by atoms with Gasteiger partial charge in [-0.2, -0.15) is 0 Å². The Morgan fingerprint density at radius 3 is 2.64 bits per heavy atom. The molecule has 2 rings (SSSR count). The zero-order valence-corrected chi connectivity index (χ0v) is 17.0. The molecular weight excluding hydrogens is 348 g/mol. The van der Waals surface area contributed by atoms with E-state index in [1.807, 2.05) is 58.2 Å². The van der Waals surface area contributed by atoms with Crippen LogP contribution >= 0.6 is 0 Å². The summed E-state index contributed by atoms with van der Waals surface area (Å²) in [4.78, 5) is 9.48. The van der Waals surface area contributed by atoms with Crippen LogP contribution in [0.2, 0.25) is 0 Å². The molecule has 28 heavy (non-hydrogen) atoms. The number of phenols is 1. The molecule has 0 aliphatic carbocycles. The average molecular weight is 377 g/mol. The number of hydrogen-bond donors (Lipinski definition) is 3. The van der Waals surface area contributed by atoms with Crippen molar-refractivity contribution in [3.63, 3.8) is 0 Å². The lowest BCUT2D eigenvalue weighted by atomic mass is 10.0. The monoisotopic (exact) mass is 376 g/mol. The van der Waals surface area contributed by atoms with Crippen molar-refractivity contribution in [2.45, 2.75) is 33.6 Å². The molecule has 2 aromatic rings. The minimum atomic E-state index is 0.239. The predicted molar refractivity (Wildman–Crippen MR) is 118 cm³/mol. The van der Waals surface area contributed by atoms with Crippen molar-refractivity contribution in [1.82, 2.24) is 9.97 Å². The maximum Gasteiger partial charge on any atom is 0.160 e. The average Bonchev–Trinajstić information content (AvgIpc) is 2.70. The first-order valence-corrected chi connectivity index (χ1v) is 9.40. The summed E-state index contributed by atoms with van der Waals surface area (Å²) in [5, 5.41) is 21.6. The minimum Gasteiger partial charge on any atom is -0.508 e. The highest BCUT2D eigenvalue weighted by Gasteiger charge is 2.19. The quantitative estimate of drug-likeness (QED) is 0.419. The molecule has 0 fully saturated rings. The normalized spacial score (nSPS) is 11.6. The molecule has 0 radical (unpaired) electrons. The van der Waals surface area contributed by atoms with Gasteiger partial charge in [0.1, 0.15) is 11.4 Å². The molecule has 1 heterocycles. The Hall–Kier alpha value is -3.21. The minimum absolute atomic E-state index is 0.239. The van der Waals surface area contributed by atoms with E-state index in [1.54, 1.807) is 12.1 Å². The van der Waals surface area contributed by atoms with Crippen molar-refractivity contribution in [1.29, 1.82) is 5.41 Å². The molecule has 0 saturated heterocycles. The highest BCUT2D eigenvalue weighted by molar-refractivity contribution is 6.04. The van der Waals surface area contributed by atoms with E-state index in [1.165, 1.54) is 0 Å². The molecule has 1 aromatic heterocycles. The highest BCUT2D eigenvalue weighted by atomic mass is 16.3. The number of rotatable bonds is 8. The Balaban J connectivity index is 2.82. The van der Waals surface area contributed by atoms with Crippen molar-refractivity contribution < 1.29 is 5.11 Å². The summed E-state index contributed by atoms with van der Waals surface area (Å²) in [6.45, 7) is 9.72. The molecule has 1 aromatic carbocycles. The van der Waals surface area contributed by atoms with Crippen molar-refractivity contribution in [3.05, 3.63) is 66.2 Å². The molecular formula is C23H28N4O. The first-order valence-electron chi connectivity index (χ1n) is 9.40. The summed E-state index contributed by atoms with van der Waals surface area (Å²) < 4.78 is 0. The second-order valence-corrected chi connectivity index (χ2v) is 6.45. The third kappa shape index (κ3) is 4.55. The van der Waals surface area contributed by atoms with E-state index in [0.717, 1.165) is 23.1 Å². The molecule has 0 amide bonds. The summed E-state index contributed by atoms with van der Waals surface area (Å²) in [6, 6.07) is 5.37. The summed E-state index contributed by atoms with van der Waals surface area (Å²) >= 11 is 0. The molecule has 146 valence electrons. The zero-order chi connectivity index (χ0) is 20.7. The van der Waals surface area contributed by atoms with Crippen molar-refractivity contribution in [3.8, 4) is 17.0 Å². The van der Waals surface area contributed by atoms with E-state index < -0.39 is 0 Å². The molecule has 0 aliphatic rings. The lowest BCUT2D eigenvalue weighted by Gasteiger charge is -2.16. The Labute approximate surface area is 167 Å². The van der Waals surface area contributed by atoms with Crippen molar-refractivity contribution in [2.24, 2.45) is 0 Å². The van der Waals surface area contributed by atoms with Crippen LogP contribution in [0.25, 0.3) is 16.8 Å². The molecule has 5 nitrogen and oxygen atoms in total. The lowest BCUT2D eigenvalue weighted by molar-refractivity contribution is 0.471. The molecule has 0 atom stereocenters. The number of aromatic hydroxyl groups is 1. The van der Waals surface area contributed by atoms with Gasteiger partial charge in [-0.3, -0.25) is 0 Å². The Kier molecular flexibility index (Phi) is 7.27. The third-order valence-corrected chi connectivity index (χ3v) is 4.36. The van der Waals surface area contributed by atoms with Gasteiger partial charge < -0.3 is 15.8 Å². The van der Waals surface area contributed by atoms with Crippen LogP contribution in [0.15, 0.2) is 49.1 Å². The molecule has 0 bridgehead atoms. The van der Waals surface area contributed by atoms with Gasteiger partial charge in [0.25, 0.3) is 0 Å². The van der Waals surface area contributed by atoms with E-state index in [-0.39, 0.29) is 5.75 Å². The Bertz CT molecular complexity index is 942. The second kappa shape index (κ2) is 9.65. The predicted octanol–water partition coefficient (Wildman–Crippen LogP) is 5.51. The highest BCUT2D eigenvalue weighted by Crippen LogP contribution is 2.33. The lowest BCUT2D eigenvalue weighted by Crippen LogP contribution is -2.12. The van der Waals surface area contributed by atoms with E-state index in [2.05, 4.69) is 11.9 Å². The van der Waals surface area contributed by atoms with Gasteiger partial charge in [-0.05, 0) is 44.0 Å². The van der Waals surface area contributed by atoms with E-state index in [4.69, 9.17) is 15.4 Å². The van der Waals surface area contributed by atoms with Crippen molar-refractivity contribution in [2.75, 3.05) is 12.4 Å². The second-order valence-electron chi connectivity index (χ2n) is 6.45. The van der Waals surface area contributed by atoms with Crippen LogP contribution in [0.5, 0.6) is 5.75 Å². The number of aryl methyl sites for hydroxylation is 1. The molecule has 5 heteroatoms. The molecule has 0 unspecified atom stereocenters. The van der Waals surface area contributed by atoms with Gasteiger partial charge in [-0.1, -0.05) is 44.2 Å². The number of anilines is 1. The van der Waals surface area contributed by atoms with E-state index >= 15 is 0 Å². The van der Waals surface area contributed by atoms with Crippen LogP contribution in [0, 0.1) is 12.3 Å².